The molecule has 0 radical (unpaired) electrons. The van der Waals surface area contributed by atoms with Gasteiger partial charge in [0.25, 0.3) is 0 Å². The molecule has 0 aliphatic rings. The smallest absolute Gasteiger partial charge is 0.137 e. The quantitative estimate of drug-likeness (QED) is 0.884. The molecule has 0 heterocycles. The van der Waals surface area contributed by atoms with E-state index in [2.05, 4.69) is 15.9 Å². The Morgan fingerprint density at radius 2 is 2.05 bits per heavy atom. The summed E-state index contributed by atoms with van der Waals surface area (Å²) in [6.07, 6.45) is 0.622. The molecule has 2 nitrogen and oxygen atoms in total. The van der Waals surface area contributed by atoms with Gasteiger partial charge < -0.3 is 10.5 Å². The van der Waals surface area contributed by atoms with E-state index in [9.17, 15) is 4.39 Å². The molecule has 0 aliphatic heterocycles. The lowest BCUT2D eigenvalue weighted by atomic mass is 10.1. The predicted molar refractivity (Wildman–Crippen MR) is 78.4 cm³/mol. The Bertz CT molecular complexity index is 592. The van der Waals surface area contributed by atoms with Crippen molar-refractivity contribution < 1.29 is 9.13 Å². The Hall–Kier alpha value is -1.10. The summed E-state index contributed by atoms with van der Waals surface area (Å²) < 4.78 is 19.3. The fraction of sp³-hybridized carbons (Fsp3) is 0.143. The lowest BCUT2D eigenvalue weighted by molar-refractivity contribution is 0.473. The van der Waals surface area contributed by atoms with Crippen LogP contribution in [0.25, 0.3) is 0 Å². The first kappa shape index (κ1) is 14.3. The van der Waals surface area contributed by atoms with Gasteiger partial charge in [0.1, 0.15) is 17.3 Å². The van der Waals surface area contributed by atoms with Gasteiger partial charge in [-0.2, -0.15) is 0 Å². The molecule has 2 aromatic carbocycles. The summed E-state index contributed by atoms with van der Waals surface area (Å²) in [4.78, 5) is 0. The van der Waals surface area contributed by atoms with Gasteiger partial charge in [-0.1, -0.05) is 17.7 Å². The molecular weight excluding hydrogens is 333 g/mol. The minimum absolute atomic E-state index is 0.333. The number of benzene rings is 2. The van der Waals surface area contributed by atoms with E-state index in [1.54, 1.807) is 24.3 Å². The third-order valence-corrected chi connectivity index (χ3v) is 3.55. The standard InChI is InChI=1S/C14H12BrClFNO/c15-11-8-9(4-5-13(11)17)19-14-3-1-2-12(16)10(14)6-7-18/h1-5,8H,6-7,18H2. The topological polar surface area (TPSA) is 35.2 Å². The summed E-state index contributed by atoms with van der Waals surface area (Å²) in [6, 6.07) is 9.88. The molecule has 2 aromatic rings. The molecule has 19 heavy (non-hydrogen) atoms. The number of rotatable bonds is 4. The highest BCUT2D eigenvalue weighted by atomic mass is 79.9. The van der Waals surface area contributed by atoms with Crippen LogP contribution in [0.5, 0.6) is 11.5 Å². The van der Waals surface area contributed by atoms with Crippen molar-refractivity contribution in [2.75, 3.05) is 6.54 Å². The zero-order valence-electron chi connectivity index (χ0n) is 10.00. The predicted octanol–water partition coefficient (Wildman–Crippen LogP) is 4.54. The van der Waals surface area contributed by atoms with Crippen molar-refractivity contribution in [2.45, 2.75) is 6.42 Å². The molecular formula is C14H12BrClFNO. The number of halogens is 3. The molecule has 0 aliphatic carbocycles. The second-order valence-electron chi connectivity index (χ2n) is 3.93. The number of hydrogen-bond donors (Lipinski definition) is 1. The van der Waals surface area contributed by atoms with E-state index in [0.717, 1.165) is 5.56 Å². The van der Waals surface area contributed by atoms with Crippen LogP contribution in [0.3, 0.4) is 0 Å². The molecule has 5 heteroatoms. The van der Waals surface area contributed by atoms with E-state index >= 15 is 0 Å². The molecule has 0 aromatic heterocycles. The average Bonchev–Trinajstić information content (AvgIpc) is 2.38. The van der Waals surface area contributed by atoms with E-state index in [-0.39, 0.29) is 5.82 Å². The molecule has 2 rings (SSSR count). The third kappa shape index (κ3) is 3.47. The van der Waals surface area contributed by atoms with E-state index in [1.807, 2.05) is 6.07 Å². The second-order valence-corrected chi connectivity index (χ2v) is 5.19. The van der Waals surface area contributed by atoms with Gasteiger partial charge in [-0.15, -0.1) is 0 Å². The summed E-state index contributed by atoms with van der Waals surface area (Å²) in [5, 5.41) is 0.615. The monoisotopic (exact) mass is 343 g/mol. The Balaban J connectivity index is 2.32. The van der Waals surface area contributed by atoms with Crippen molar-refractivity contribution in [1.82, 2.24) is 0 Å². The van der Waals surface area contributed by atoms with Crippen LogP contribution in [0.1, 0.15) is 5.56 Å². The van der Waals surface area contributed by atoms with Crippen LogP contribution in [-0.4, -0.2) is 6.54 Å². The summed E-state index contributed by atoms with van der Waals surface area (Å²) >= 11 is 9.25. The van der Waals surface area contributed by atoms with Crippen LogP contribution in [0, 0.1) is 5.82 Å². The maximum Gasteiger partial charge on any atom is 0.137 e. The summed E-state index contributed by atoms with van der Waals surface area (Å²) in [5.41, 5.74) is 6.42. The van der Waals surface area contributed by atoms with E-state index in [1.165, 1.54) is 6.07 Å². The van der Waals surface area contributed by atoms with Crippen LogP contribution in [-0.2, 0) is 6.42 Å². The molecule has 2 N–H and O–H groups in total. The lowest BCUT2D eigenvalue weighted by Crippen LogP contribution is -2.04. The van der Waals surface area contributed by atoms with Crippen molar-refractivity contribution in [1.29, 1.82) is 0 Å². The van der Waals surface area contributed by atoms with Gasteiger partial charge >= 0.3 is 0 Å². The van der Waals surface area contributed by atoms with E-state index in [0.29, 0.717) is 34.0 Å². The van der Waals surface area contributed by atoms with Crippen molar-refractivity contribution in [3.05, 3.63) is 57.3 Å². The SMILES string of the molecule is NCCc1c(Cl)cccc1Oc1ccc(F)c(Br)c1. The van der Waals surface area contributed by atoms with Crippen molar-refractivity contribution in [3.63, 3.8) is 0 Å². The van der Waals surface area contributed by atoms with Crippen molar-refractivity contribution >= 4 is 27.5 Å². The highest BCUT2D eigenvalue weighted by Gasteiger charge is 2.09. The zero-order valence-corrected chi connectivity index (χ0v) is 12.3. The van der Waals surface area contributed by atoms with Crippen LogP contribution in [0.2, 0.25) is 5.02 Å². The Labute approximate surface area is 124 Å². The maximum absolute atomic E-state index is 13.2. The summed E-state index contributed by atoms with van der Waals surface area (Å²) in [7, 11) is 0. The normalized spacial score (nSPS) is 10.5. The van der Waals surface area contributed by atoms with Crippen LogP contribution < -0.4 is 10.5 Å². The first-order valence-corrected chi connectivity index (χ1v) is 6.89. The van der Waals surface area contributed by atoms with Crippen LogP contribution >= 0.6 is 27.5 Å². The minimum atomic E-state index is -0.333. The Morgan fingerprint density at radius 1 is 1.26 bits per heavy atom. The minimum Gasteiger partial charge on any atom is -0.457 e. The van der Waals surface area contributed by atoms with Gasteiger partial charge in [-0.25, -0.2) is 4.39 Å². The van der Waals surface area contributed by atoms with Crippen LogP contribution in [0.15, 0.2) is 40.9 Å². The molecule has 0 saturated carbocycles. The highest BCUT2D eigenvalue weighted by molar-refractivity contribution is 9.10. The van der Waals surface area contributed by atoms with Gasteiger partial charge in [0.05, 0.1) is 4.47 Å². The van der Waals surface area contributed by atoms with Gasteiger partial charge in [-0.05, 0) is 59.2 Å². The second kappa shape index (κ2) is 6.37. The Morgan fingerprint density at radius 3 is 2.74 bits per heavy atom. The fourth-order valence-corrected chi connectivity index (χ4v) is 2.31. The third-order valence-electron chi connectivity index (χ3n) is 2.59. The largest absolute Gasteiger partial charge is 0.457 e. The highest BCUT2D eigenvalue weighted by Crippen LogP contribution is 2.32. The average molecular weight is 345 g/mol. The molecule has 0 bridgehead atoms. The Kier molecular flexibility index (Phi) is 4.80. The first-order chi connectivity index (χ1) is 9.11. The van der Waals surface area contributed by atoms with Crippen molar-refractivity contribution in [3.8, 4) is 11.5 Å². The molecule has 0 spiro atoms. The maximum atomic E-state index is 13.2. The molecule has 0 saturated heterocycles. The lowest BCUT2D eigenvalue weighted by Gasteiger charge is -2.12. The van der Waals surface area contributed by atoms with Gasteiger partial charge in [0, 0.05) is 10.6 Å². The van der Waals surface area contributed by atoms with Gasteiger partial charge in [-0.3, -0.25) is 0 Å². The zero-order chi connectivity index (χ0) is 13.8. The summed E-state index contributed by atoms with van der Waals surface area (Å²) in [5.74, 6) is 0.839. The van der Waals surface area contributed by atoms with Crippen LogP contribution in [0.4, 0.5) is 4.39 Å². The van der Waals surface area contributed by atoms with E-state index < -0.39 is 0 Å². The molecule has 100 valence electrons. The van der Waals surface area contributed by atoms with Gasteiger partial charge in [0.15, 0.2) is 0 Å². The van der Waals surface area contributed by atoms with Gasteiger partial charge in [0.2, 0.25) is 0 Å². The molecule has 0 unspecified atom stereocenters. The first-order valence-electron chi connectivity index (χ1n) is 5.72. The molecule has 0 amide bonds. The fourth-order valence-electron chi connectivity index (χ4n) is 1.69. The number of ether oxygens (including phenoxy) is 1. The molecule has 0 fully saturated rings. The summed E-state index contributed by atoms with van der Waals surface area (Å²) in [6.45, 7) is 0.479. The molecule has 0 atom stereocenters. The number of hydrogen-bond acceptors (Lipinski definition) is 2. The van der Waals surface area contributed by atoms with E-state index in [4.69, 9.17) is 22.1 Å². The van der Waals surface area contributed by atoms with Crippen molar-refractivity contribution in [2.24, 2.45) is 5.73 Å². The number of nitrogens with two attached hydrogens (primary N) is 1.